The van der Waals surface area contributed by atoms with Crippen LogP contribution in [0, 0.1) is 0 Å². The van der Waals surface area contributed by atoms with Gasteiger partial charge in [-0.3, -0.25) is 0 Å². The number of nitrogen functional groups attached to an aromatic ring is 1. The van der Waals surface area contributed by atoms with Gasteiger partial charge in [0.1, 0.15) is 12.0 Å². The number of carbonyl (C=O) groups is 1. The standard InChI is InChI=1S/C28H34FN5O3/c1-36-23-18-22-26(25(27(23)37-2)19-7-4-3-5-8-19)21(30)17-24(31-22)32-11-6-12-33(16-15-32)28(35)34-13-9-20(29)10-14-34/h3-5,7-8,17-18,20H,6,9-16H2,1-2H3,(H2,30,31). The molecule has 0 unspecified atom stereocenters. The van der Waals surface area contributed by atoms with Crippen molar-refractivity contribution in [1.29, 1.82) is 0 Å². The molecule has 3 heterocycles. The second kappa shape index (κ2) is 10.7. The van der Waals surface area contributed by atoms with Crippen molar-refractivity contribution in [1.82, 2.24) is 14.8 Å². The van der Waals surface area contributed by atoms with Crippen LogP contribution < -0.4 is 20.1 Å². The maximum atomic E-state index is 13.5. The van der Waals surface area contributed by atoms with Gasteiger partial charge < -0.3 is 29.9 Å². The smallest absolute Gasteiger partial charge is 0.320 e. The molecule has 9 heteroatoms. The first kappa shape index (κ1) is 24.9. The van der Waals surface area contributed by atoms with Gasteiger partial charge in [-0.1, -0.05) is 30.3 Å². The summed E-state index contributed by atoms with van der Waals surface area (Å²) in [6.45, 7) is 3.61. The molecular formula is C28H34FN5O3. The minimum atomic E-state index is -0.797. The van der Waals surface area contributed by atoms with Gasteiger partial charge in [0.15, 0.2) is 11.5 Å². The fourth-order valence-electron chi connectivity index (χ4n) is 5.35. The number of hydrogen-bond donors (Lipinski definition) is 1. The Balaban J connectivity index is 1.45. The Hall–Kier alpha value is -3.75. The topological polar surface area (TPSA) is 84.2 Å². The van der Waals surface area contributed by atoms with Crippen molar-refractivity contribution >= 4 is 28.4 Å². The lowest BCUT2D eigenvalue weighted by Gasteiger charge is -2.33. The molecule has 2 aliphatic heterocycles. The Kier molecular flexibility index (Phi) is 7.21. The number of rotatable bonds is 4. The largest absolute Gasteiger partial charge is 0.493 e. The Bertz CT molecular complexity index is 1260. The van der Waals surface area contributed by atoms with Gasteiger partial charge in [0, 0.05) is 68.0 Å². The van der Waals surface area contributed by atoms with Gasteiger partial charge in [-0.05, 0) is 24.8 Å². The van der Waals surface area contributed by atoms with E-state index in [1.165, 1.54) is 0 Å². The van der Waals surface area contributed by atoms with Crippen molar-refractivity contribution in [2.45, 2.75) is 25.4 Å². The highest BCUT2D eigenvalue weighted by atomic mass is 19.1. The summed E-state index contributed by atoms with van der Waals surface area (Å²) >= 11 is 0. The molecule has 3 aromatic rings. The molecule has 2 aromatic carbocycles. The number of hydrogen-bond acceptors (Lipinski definition) is 6. The number of benzene rings is 2. The molecule has 2 N–H and O–H groups in total. The van der Waals surface area contributed by atoms with Crippen molar-refractivity contribution in [3.05, 3.63) is 42.5 Å². The highest BCUT2D eigenvalue weighted by Crippen LogP contribution is 2.46. The number of halogens is 1. The van der Waals surface area contributed by atoms with Crippen LogP contribution in [0.4, 0.5) is 20.7 Å². The van der Waals surface area contributed by atoms with Crippen molar-refractivity contribution in [3.8, 4) is 22.6 Å². The van der Waals surface area contributed by atoms with E-state index in [0.29, 0.717) is 62.8 Å². The van der Waals surface area contributed by atoms with Gasteiger partial charge in [-0.2, -0.15) is 0 Å². The molecule has 0 aliphatic carbocycles. The van der Waals surface area contributed by atoms with Crippen LogP contribution in [-0.2, 0) is 0 Å². The van der Waals surface area contributed by atoms with E-state index in [2.05, 4.69) is 4.90 Å². The molecular weight excluding hydrogens is 473 g/mol. The minimum absolute atomic E-state index is 0.00377. The van der Waals surface area contributed by atoms with Gasteiger partial charge in [0.25, 0.3) is 0 Å². The van der Waals surface area contributed by atoms with Crippen LogP contribution in [0.2, 0.25) is 0 Å². The number of piperidine rings is 1. The molecule has 37 heavy (non-hydrogen) atoms. The van der Waals surface area contributed by atoms with Gasteiger partial charge in [0.2, 0.25) is 0 Å². The predicted molar refractivity (Wildman–Crippen MR) is 144 cm³/mol. The Labute approximate surface area is 216 Å². The van der Waals surface area contributed by atoms with E-state index in [1.807, 2.05) is 47.4 Å². The number of nitrogens with zero attached hydrogens (tertiary/aromatic N) is 4. The molecule has 2 saturated heterocycles. The summed E-state index contributed by atoms with van der Waals surface area (Å²) < 4.78 is 25.0. The molecule has 5 rings (SSSR count). The molecule has 2 aliphatic rings. The molecule has 8 nitrogen and oxygen atoms in total. The zero-order chi connectivity index (χ0) is 25.9. The molecule has 196 valence electrons. The maximum absolute atomic E-state index is 13.5. The van der Waals surface area contributed by atoms with Crippen molar-refractivity contribution < 1.29 is 18.7 Å². The van der Waals surface area contributed by atoms with E-state index < -0.39 is 6.17 Å². The summed E-state index contributed by atoms with van der Waals surface area (Å²) in [6, 6.07) is 13.7. The number of pyridine rings is 1. The zero-order valence-corrected chi connectivity index (χ0v) is 21.5. The lowest BCUT2D eigenvalue weighted by Crippen LogP contribution is -2.48. The van der Waals surface area contributed by atoms with Crippen LogP contribution in [0.1, 0.15) is 19.3 Å². The number of carbonyl (C=O) groups excluding carboxylic acids is 1. The summed E-state index contributed by atoms with van der Waals surface area (Å²) in [5.74, 6) is 1.97. The van der Waals surface area contributed by atoms with E-state index in [4.69, 9.17) is 20.2 Å². The van der Waals surface area contributed by atoms with Crippen molar-refractivity contribution in [2.24, 2.45) is 0 Å². The molecule has 0 radical (unpaired) electrons. The van der Waals surface area contributed by atoms with Crippen LogP contribution in [0.15, 0.2) is 42.5 Å². The van der Waals surface area contributed by atoms with Gasteiger partial charge in [0.05, 0.1) is 19.7 Å². The molecule has 0 bridgehead atoms. The van der Waals surface area contributed by atoms with Crippen LogP contribution in [0.5, 0.6) is 11.5 Å². The average Bonchev–Trinajstić information content (AvgIpc) is 3.19. The fraction of sp³-hybridized carbons (Fsp3) is 0.429. The monoisotopic (exact) mass is 507 g/mol. The van der Waals surface area contributed by atoms with Crippen molar-refractivity contribution in [2.75, 3.05) is 64.1 Å². The van der Waals surface area contributed by atoms with E-state index in [9.17, 15) is 9.18 Å². The van der Waals surface area contributed by atoms with Gasteiger partial charge >= 0.3 is 6.03 Å². The van der Waals surface area contributed by atoms with Gasteiger partial charge in [-0.15, -0.1) is 0 Å². The lowest BCUT2D eigenvalue weighted by atomic mass is 9.97. The molecule has 2 fully saturated rings. The summed E-state index contributed by atoms with van der Waals surface area (Å²) in [4.78, 5) is 23.9. The second-order valence-corrected chi connectivity index (χ2v) is 9.59. The van der Waals surface area contributed by atoms with Crippen LogP contribution in [-0.4, -0.2) is 80.5 Å². The second-order valence-electron chi connectivity index (χ2n) is 9.59. The molecule has 0 spiro atoms. The fourth-order valence-corrected chi connectivity index (χ4v) is 5.35. The van der Waals surface area contributed by atoms with E-state index in [0.717, 1.165) is 40.8 Å². The van der Waals surface area contributed by atoms with Gasteiger partial charge in [-0.25, -0.2) is 14.2 Å². The average molecular weight is 508 g/mol. The number of aromatic nitrogens is 1. The number of amides is 2. The Morgan fingerprint density at radius 2 is 1.70 bits per heavy atom. The number of anilines is 2. The lowest BCUT2D eigenvalue weighted by molar-refractivity contribution is 0.124. The Morgan fingerprint density at radius 3 is 2.41 bits per heavy atom. The first-order chi connectivity index (χ1) is 18.0. The highest BCUT2D eigenvalue weighted by molar-refractivity contribution is 6.07. The summed E-state index contributed by atoms with van der Waals surface area (Å²) in [5.41, 5.74) is 9.81. The predicted octanol–water partition coefficient (Wildman–Crippen LogP) is 4.57. The third-order valence-corrected chi connectivity index (χ3v) is 7.31. The molecule has 2 amide bonds. The SMILES string of the molecule is COc1cc2nc(N3CCCN(C(=O)N4CCC(F)CC4)CC3)cc(N)c2c(-c2ccccc2)c1OC. The number of fused-ring (bicyclic) bond motifs is 1. The number of ether oxygens (including phenoxy) is 2. The van der Waals surface area contributed by atoms with E-state index >= 15 is 0 Å². The van der Waals surface area contributed by atoms with Crippen LogP contribution in [0.3, 0.4) is 0 Å². The van der Waals surface area contributed by atoms with E-state index in [1.54, 1.807) is 19.1 Å². The first-order valence-corrected chi connectivity index (χ1v) is 12.8. The van der Waals surface area contributed by atoms with Crippen LogP contribution >= 0.6 is 0 Å². The molecule has 1 aromatic heterocycles. The molecule has 0 atom stereocenters. The zero-order valence-electron chi connectivity index (χ0n) is 21.5. The van der Waals surface area contributed by atoms with E-state index in [-0.39, 0.29) is 6.03 Å². The number of likely N-dealkylation sites (tertiary alicyclic amines) is 1. The number of alkyl halides is 1. The quantitative estimate of drug-likeness (QED) is 0.557. The molecule has 0 saturated carbocycles. The van der Waals surface area contributed by atoms with Crippen LogP contribution in [0.25, 0.3) is 22.0 Å². The first-order valence-electron chi connectivity index (χ1n) is 12.8. The number of methoxy groups -OCH3 is 2. The Morgan fingerprint density at radius 1 is 0.973 bits per heavy atom. The third-order valence-electron chi connectivity index (χ3n) is 7.31. The number of nitrogens with two attached hydrogens (primary N) is 1. The summed E-state index contributed by atoms with van der Waals surface area (Å²) in [6.07, 6.45) is 0.858. The highest BCUT2D eigenvalue weighted by Gasteiger charge is 2.28. The minimum Gasteiger partial charge on any atom is -0.493 e. The third kappa shape index (κ3) is 4.95. The normalized spacial score (nSPS) is 17.1. The maximum Gasteiger partial charge on any atom is 0.320 e. The summed E-state index contributed by atoms with van der Waals surface area (Å²) in [7, 11) is 3.24. The van der Waals surface area contributed by atoms with Crippen molar-refractivity contribution in [3.63, 3.8) is 0 Å². The summed E-state index contributed by atoms with van der Waals surface area (Å²) in [5, 5.41) is 0.815. The number of urea groups is 1.